The molecule has 0 bridgehead atoms. The van der Waals surface area contributed by atoms with Gasteiger partial charge >= 0.3 is 0 Å². The molecule has 0 aliphatic carbocycles. The number of nitrogens with two attached hydrogens (primary N) is 1. The Labute approximate surface area is 93.8 Å². The quantitative estimate of drug-likeness (QED) is 0.866. The molecule has 0 saturated heterocycles. The Balaban J connectivity index is 2.51. The number of hydrogen-bond donors (Lipinski definition) is 1. The minimum atomic E-state index is 0.694. The van der Waals surface area contributed by atoms with Crippen LogP contribution < -0.4 is 5.73 Å². The fourth-order valence-corrected chi connectivity index (χ4v) is 1.93. The summed E-state index contributed by atoms with van der Waals surface area (Å²) in [6.45, 7) is 0.705. The number of halogens is 1. The maximum Gasteiger partial charge on any atom is 0.134 e. The lowest BCUT2D eigenvalue weighted by Crippen LogP contribution is -2.00. The Morgan fingerprint density at radius 1 is 1.47 bits per heavy atom. The van der Waals surface area contributed by atoms with Crippen LogP contribution in [0.15, 0.2) is 18.2 Å². The van der Waals surface area contributed by atoms with Gasteiger partial charge in [-0.15, -0.1) is 0 Å². The maximum atomic E-state index is 6.12. The van der Waals surface area contributed by atoms with E-state index in [9.17, 15) is 0 Å². The van der Waals surface area contributed by atoms with Crippen LogP contribution in [0.25, 0.3) is 10.9 Å². The van der Waals surface area contributed by atoms with Crippen molar-refractivity contribution in [3.63, 3.8) is 0 Å². The molecule has 0 amide bonds. The molecule has 0 saturated carbocycles. The fourth-order valence-electron chi connectivity index (χ4n) is 1.74. The van der Waals surface area contributed by atoms with Crippen molar-refractivity contribution in [1.82, 2.24) is 9.78 Å². The number of aromatic nitrogens is 2. The van der Waals surface area contributed by atoms with Crippen molar-refractivity contribution in [1.29, 1.82) is 0 Å². The minimum Gasteiger partial charge on any atom is -0.330 e. The predicted molar refractivity (Wildman–Crippen MR) is 63.1 cm³/mol. The second-order valence-corrected chi connectivity index (χ2v) is 3.98. The van der Waals surface area contributed by atoms with Crippen molar-refractivity contribution in [3.8, 4) is 0 Å². The number of aryl methyl sites for hydroxylation is 2. The first-order valence-corrected chi connectivity index (χ1v) is 5.42. The summed E-state index contributed by atoms with van der Waals surface area (Å²) in [5.41, 5.74) is 7.73. The van der Waals surface area contributed by atoms with Gasteiger partial charge in [0.25, 0.3) is 0 Å². The number of hydrogen-bond acceptors (Lipinski definition) is 2. The predicted octanol–water partition coefficient (Wildman–Crippen LogP) is 2.12. The molecule has 0 fully saturated rings. The Hall–Kier alpha value is -1.06. The normalized spacial score (nSPS) is 11.1. The summed E-state index contributed by atoms with van der Waals surface area (Å²) < 4.78 is 1.71. The van der Waals surface area contributed by atoms with Crippen molar-refractivity contribution < 1.29 is 0 Å². The summed E-state index contributed by atoms with van der Waals surface area (Å²) in [4.78, 5) is 0. The molecule has 2 aromatic rings. The molecule has 4 heteroatoms. The molecule has 15 heavy (non-hydrogen) atoms. The van der Waals surface area contributed by atoms with E-state index >= 15 is 0 Å². The van der Waals surface area contributed by atoms with Gasteiger partial charge in [-0.05, 0) is 31.0 Å². The van der Waals surface area contributed by atoms with Gasteiger partial charge < -0.3 is 5.73 Å². The molecule has 1 aromatic heterocycles. The van der Waals surface area contributed by atoms with Crippen LogP contribution in [0.2, 0.25) is 5.15 Å². The zero-order valence-corrected chi connectivity index (χ0v) is 9.46. The van der Waals surface area contributed by atoms with Crippen molar-refractivity contribution in [3.05, 3.63) is 28.9 Å². The topological polar surface area (TPSA) is 43.8 Å². The zero-order valence-electron chi connectivity index (χ0n) is 8.70. The van der Waals surface area contributed by atoms with Crippen LogP contribution in [0.4, 0.5) is 0 Å². The summed E-state index contributed by atoms with van der Waals surface area (Å²) >= 11 is 6.12. The third kappa shape index (κ3) is 1.85. The molecule has 0 spiro atoms. The van der Waals surface area contributed by atoms with Gasteiger partial charge in [0.05, 0.1) is 5.52 Å². The van der Waals surface area contributed by atoms with E-state index in [1.54, 1.807) is 4.68 Å². The first-order chi connectivity index (χ1) is 7.24. The highest BCUT2D eigenvalue weighted by atomic mass is 35.5. The molecular weight excluding hydrogens is 210 g/mol. The highest BCUT2D eigenvalue weighted by molar-refractivity contribution is 6.34. The third-order valence-corrected chi connectivity index (χ3v) is 2.97. The van der Waals surface area contributed by atoms with E-state index in [0.717, 1.165) is 23.7 Å². The number of rotatable bonds is 3. The van der Waals surface area contributed by atoms with Crippen LogP contribution in [-0.2, 0) is 13.5 Å². The molecule has 3 nitrogen and oxygen atoms in total. The summed E-state index contributed by atoms with van der Waals surface area (Å²) in [7, 11) is 1.86. The summed E-state index contributed by atoms with van der Waals surface area (Å²) in [5.74, 6) is 0. The molecule has 0 radical (unpaired) electrons. The molecule has 1 heterocycles. The van der Waals surface area contributed by atoms with Crippen molar-refractivity contribution in [2.45, 2.75) is 12.8 Å². The van der Waals surface area contributed by atoms with Gasteiger partial charge in [0.2, 0.25) is 0 Å². The standard InChI is InChI=1S/C11H14ClN3/c1-15-11(12)9-6-2-4-8(5-3-7-13)10(9)14-15/h2,4,6H,3,5,7,13H2,1H3. The number of fused-ring (bicyclic) bond motifs is 1. The molecule has 2 N–H and O–H groups in total. The van der Waals surface area contributed by atoms with E-state index < -0.39 is 0 Å². The molecule has 1 aromatic carbocycles. The average molecular weight is 224 g/mol. The van der Waals surface area contributed by atoms with Gasteiger partial charge in [-0.2, -0.15) is 5.10 Å². The van der Waals surface area contributed by atoms with Crippen LogP contribution >= 0.6 is 11.6 Å². The molecule has 0 aliphatic heterocycles. The highest BCUT2D eigenvalue weighted by Crippen LogP contribution is 2.25. The van der Waals surface area contributed by atoms with Crippen LogP contribution in [0.1, 0.15) is 12.0 Å². The lowest BCUT2D eigenvalue weighted by Gasteiger charge is -1.99. The maximum absolute atomic E-state index is 6.12. The Morgan fingerprint density at radius 2 is 2.27 bits per heavy atom. The largest absolute Gasteiger partial charge is 0.330 e. The van der Waals surface area contributed by atoms with E-state index in [4.69, 9.17) is 17.3 Å². The van der Waals surface area contributed by atoms with Crippen LogP contribution in [0, 0.1) is 0 Å². The molecule has 0 atom stereocenters. The van der Waals surface area contributed by atoms with Crippen molar-refractivity contribution in [2.24, 2.45) is 12.8 Å². The molecular formula is C11H14ClN3. The van der Waals surface area contributed by atoms with Gasteiger partial charge in [0.1, 0.15) is 5.15 Å². The molecule has 2 rings (SSSR count). The van der Waals surface area contributed by atoms with Gasteiger partial charge in [-0.1, -0.05) is 23.7 Å². The number of benzene rings is 1. The summed E-state index contributed by atoms with van der Waals surface area (Å²) in [6, 6.07) is 6.10. The summed E-state index contributed by atoms with van der Waals surface area (Å²) in [6.07, 6.45) is 1.94. The van der Waals surface area contributed by atoms with Crippen LogP contribution in [-0.4, -0.2) is 16.3 Å². The molecule has 80 valence electrons. The van der Waals surface area contributed by atoms with Crippen molar-refractivity contribution in [2.75, 3.05) is 6.54 Å². The lowest BCUT2D eigenvalue weighted by molar-refractivity contribution is 0.775. The smallest absolute Gasteiger partial charge is 0.134 e. The first-order valence-electron chi connectivity index (χ1n) is 5.04. The van der Waals surface area contributed by atoms with E-state index in [1.165, 1.54) is 5.56 Å². The van der Waals surface area contributed by atoms with Gasteiger partial charge in [0, 0.05) is 12.4 Å². The van der Waals surface area contributed by atoms with Gasteiger partial charge in [0.15, 0.2) is 0 Å². The van der Waals surface area contributed by atoms with Gasteiger partial charge in [-0.25, -0.2) is 0 Å². The monoisotopic (exact) mass is 223 g/mol. The van der Waals surface area contributed by atoms with Crippen LogP contribution in [0.3, 0.4) is 0 Å². The van der Waals surface area contributed by atoms with E-state index in [0.29, 0.717) is 11.7 Å². The van der Waals surface area contributed by atoms with E-state index in [1.807, 2.05) is 19.2 Å². The Kier molecular flexibility index (Phi) is 2.93. The second kappa shape index (κ2) is 4.21. The van der Waals surface area contributed by atoms with E-state index in [-0.39, 0.29) is 0 Å². The molecule has 0 unspecified atom stereocenters. The van der Waals surface area contributed by atoms with E-state index in [2.05, 4.69) is 11.2 Å². The minimum absolute atomic E-state index is 0.694. The third-order valence-electron chi connectivity index (χ3n) is 2.53. The lowest BCUT2D eigenvalue weighted by atomic mass is 10.1. The van der Waals surface area contributed by atoms with Crippen molar-refractivity contribution >= 4 is 22.5 Å². The average Bonchev–Trinajstić information content (AvgIpc) is 2.53. The SMILES string of the molecule is Cn1nc2c(CCCN)cccc2c1Cl. The zero-order chi connectivity index (χ0) is 10.8. The highest BCUT2D eigenvalue weighted by Gasteiger charge is 2.09. The second-order valence-electron chi connectivity index (χ2n) is 3.62. The van der Waals surface area contributed by atoms with Gasteiger partial charge in [-0.3, -0.25) is 4.68 Å². The Bertz CT molecular complexity index is 476. The number of nitrogens with zero attached hydrogens (tertiary/aromatic N) is 2. The summed E-state index contributed by atoms with van der Waals surface area (Å²) in [5, 5.41) is 6.13. The molecule has 0 aliphatic rings. The first kappa shape index (κ1) is 10.5. The Morgan fingerprint density at radius 3 is 3.00 bits per heavy atom. The fraction of sp³-hybridized carbons (Fsp3) is 0.364. The van der Waals surface area contributed by atoms with Crippen LogP contribution in [0.5, 0.6) is 0 Å².